The normalized spacial score (nSPS) is 11.0. The van der Waals surface area contributed by atoms with Crippen molar-refractivity contribution >= 4 is 5.69 Å². The summed E-state index contributed by atoms with van der Waals surface area (Å²) in [7, 11) is 8.08. The summed E-state index contributed by atoms with van der Waals surface area (Å²) in [6.45, 7) is 1.97. The molecule has 5 nitrogen and oxygen atoms in total. The third kappa shape index (κ3) is 4.68. The molecular weight excluding hydrogens is 336 g/mol. The highest BCUT2D eigenvalue weighted by atomic mass is 16.5. The Morgan fingerprint density at radius 3 is 2.56 bits per heavy atom. The van der Waals surface area contributed by atoms with Gasteiger partial charge in [0.25, 0.3) is 0 Å². The maximum absolute atomic E-state index is 5.41. The Labute approximate surface area is 161 Å². The highest BCUT2D eigenvalue weighted by Gasteiger charge is 2.15. The lowest BCUT2D eigenvalue weighted by Gasteiger charge is -2.26. The van der Waals surface area contributed by atoms with Gasteiger partial charge >= 0.3 is 0 Å². The monoisotopic (exact) mass is 364 g/mol. The number of hydrogen-bond donors (Lipinski definition) is 1. The summed E-state index contributed by atoms with van der Waals surface area (Å²) in [4.78, 5) is 4.54. The molecule has 3 aromatic rings. The van der Waals surface area contributed by atoms with Gasteiger partial charge in [-0.15, -0.1) is 0 Å². The number of hydrogen-bond acceptors (Lipinski definition) is 4. The summed E-state index contributed by atoms with van der Waals surface area (Å²) in [5, 5.41) is 7.08. The van der Waals surface area contributed by atoms with Crippen molar-refractivity contribution in [2.24, 2.45) is 0 Å². The summed E-state index contributed by atoms with van der Waals surface area (Å²) in [5.74, 6) is 0.885. The molecule has 0 aliphatic heterocycles. The SMILES string of the molecule is COc1cccc(Cc2c(-c3cn[nH]c3)cccc2N(C)CCN(C)C)c1. The van der Waals surface area contributed by atoms with Gasteiger partial charge in [-0.3, -0.25) is 5.10 Å². The number of aromatic amines is 1. The molecule has 0 unspecified atom stereocenters. The molecule has 3 rings (SSSR count). The number of nitrogens with one attached hydrogen (secondary N) is 1. The second kappa shape index (κ2) is 8.73. The molecule has 0 amide bonds. The van der Waals surface area contributed by atoms with Gasteiger partial charge in [-0.1, -0.05) is 24.3 Å². The molecule has 1 heterocycles. The molecule has 0 saturated heterocycles. The summed E-state index contributed by atoms with van der Waals surface area (Å²) in [6, 6.07) is 14.8. The van der Waals surface area contributed by atoms with Crippen LogP contribution < -0.4 is 9.64 Å². The predicted molar refractivity (Wildman–Crippen MR) is 112 cm³/mol. The Morgan fingerprint density at radius 1 is 1.04 bits per heavy atom. The molecule has 0 atom stereocenters. The van der Waals surface area contributed by atoms with Crippen molar-refractivity contribution in [3.05, 3.63) is 66.0 Å². The molecule has 0 spiro atoms. The average Bonchev–Trinajstić information content (AvgIpc) is 3.21. The van der Waals surface area contributed by atoms with Crippen LogP contribution in [0.4, 0.5) is 5.69 Å². The second-order valence-electron chi connectivity index (χ2n) is 7.04. The van der Waals surface area contributed by atoms with E-state index in [1.54, 1.807) is 7.11 Å². The highest BCUT2D eigenvalue weighted by molar-refractivity contribution is 5.74. The van der Waals surface area contributed by atoms with Crippen LogP contribution in [0.2, 0.25) is 0 Å². The van der Waals surface area contributed by atoms with Gasteiger partial charge in [0.2, 0.25) is 0 Å². The van der Waals surface area contributed by atoms with Gasteiger partial charge in [0.15, 0.2) is 0 Å². The summed E-state index contributed by atoms with van der Waals surface area (Å²) >= 11 is 0. The number of rotatable bonds is 8. The van der Waals surface area contributed by atoms with Gasteiger partial charge in [0, 0.05) is 44.0 Å². The fourth-order valence-corrected chi connectivity index (χ4v) is 3.24. The van der Waals surface area contributed by atoms with Gasteiger partial charge in [-0.2, -0.15) is 5.10 Å². The summed E-state index contributed by atoms with van der Waals surface area (Å²) < 4.78 is 5.41. The minimum Gasteiger partial charge on any atom is -0.497 e. The predicted octanol–water partition coefficient (Wildman–Crippen LogP) is 3.67. The van der Waals surface area contributed by atoms with Crippen LogP contribution in [0.5, 0.6) is 5.75 Å². The quantitative estimate of drug-likeness (QED) is 0.662. The fraction of sp³-hybridized carbons (Fsp3) is 0.318. The fourth-order valence-electron chi connectivity index (χ4n) is 3.24. The number of ether oxygens (including phenoxy) is 1. The maximum atomic E-state index is 5.41. The van der Waals surface area contributed by atoms with E-state index in [9.17, 15) is 0 Å². The molecule has 0 saturated carbocycles. The van der Waals surface area contributed by atoms with Crippen molar-refractivity contribution in [1.82, 2.24) is 15.1 Å². The summed E-state index contributed by atoms with van der Waals surface area (Å²) in [6.07, 6.45) is 4.67. The van der Waals surface area contributed by atoms with E-state index in [0.29, 0.717) is 0 Å². The minimum atomic E-state index is 0.834. The minimum absolute atomic E-state index is 0.834. The lowest BCUT2D eigenvalue weighted by molar-refractivity contribution is 0.414. The van der Waals surface area contributed by atoms with Crippen LogP contribution >= 0.6 is 0 Å². The first-order chi connectivity index (χ1) is 13.1. The maximum Gasteiger partial charge on any atom is 0.119 e. The first kappa shape index (κ1) is 19.0. The van der Waals surface area contributed by atoms with E-state index in [1.807, 2.05) is 24.5 Å². The average molecular weight is 364 g/mol. The number of methoxy groups -OCH3 is 1. The van der Waals surface area contributed by atoms with Crippen LogP contribution in [0.25, 0.3) is 11.1 Å². The van der Waals surface area contributed by atoms with E-state index in [-0.39, 0.29) is 0 Å². The van der Waals surface area contributed by atoms with Gasteiger partial charge < -0.3 is 14.5 Å². The van der Waals surface area contributed by atoms with Gasteiger partial charge in [-0.05, 0) is 49.0 Å². The third-order valence-electron chi connectivity index (χ3n) is 4.77. The molecule has 0 aliphatic rings. The Kier molecular flexibility index (Phi) is 6.14. The Morgan fingerprint density at radius 2 is 1.85 bits per heavy atom. The largest absolute Gasteiger partial charge is 0.497 e. The molecule has 142 valence electrons. The second-order valence-corrected chi connectivity index (χ2v) is 7.04. The zero-order chi connectivity index (χ0) is 19.2. The standard InChI is InChI=1S/C22H28N4O/c1-25(2)11-12-26(3)22-10-6-9-20(18-15-23-24-16-18)21(22)14-17-7-5-8-19(13-17)27-4/h5-10,13,15-16H,11-12,14H2,1-4H3,(H,23,24). The van der Waals surface area contributed by atoms with Gasteiger partial charge in [0.05, 0.1) is 13.3 Å². The molecule has 0 aliphatic carbocycles. The topological polar surface area (TPSA) is 44.4 Å². The Hall–Kier alpha value is -2.79. The molecule has 1 N–H and O–H groups in total. The lowest BCUT2D eigenvalue weighted by atomic mass is 9.94. The number of anilines is 1. The van der Waals surface area contributed by atoms with E-state index in [0.717, 1.165) is 30.8 Å². The Bertz CT molecular complexity index is 859. The molecule has 0 fully saturated rings. The summed E-state index contributed by atoms with van der Waals surface area (Å²) in [5.41, 5.74) is 6.09. The van der Waals surface area contributed by atoms with E-state index in [1.165, 1.54) is 22.4 Å². The molecule has 0 bridgehead atoms. The number of aromatic nitrogens is 2. The first-order valence-corrected chi connectivity index (χ1v) is 9.18. The van der Waals surface area contributed by atoms with Crippen LogP contribution in [0, 0.1) is 0 Å². The third-order valence-corrected chi connectivity index (χ3v) is 4.77. The van der Waals surface area contributed by atoms with Crippen molar-refractivity contribution in [3.8, 4) is 16.9 Å². The van der Waals surface area contributed by atoms with Crippen molar-refractivity contribution in [2.75, 3.05) is 46.2 Å². The number of likely N-dealkylation sites (N-methyl/N-ethyl adjacent to an activating group) is 2. The smallest absolute Gasteiger partial charge is 0.119 e. The van der Waals surface area contributed by atoms with Crippen LogP contribution in [0.15, 0.2) is 54.9 Å². The zero-order valence-corrected chi connectivity index (χ0v) is 16.6. The van der Waals surface area contributed by atoms with Crippen molar-refractivity contribution in [2.45, 2.75) is 6.42 Å². The molecular formula is C22H28N4O. The van der Waals surface area contributed by atoms with E-state index < -0.39 is 0 Å². The highest BCUT2D eigenvalue weighted by Crippen LogP contribution is 2.33. The number of H-pyrrole nitrogens is 1. The molecule has 1 aromatic heterocycles. The van der Waals surface area contributed by atoms with Crippen molar-refractivity contribution in [3.63, 3.8) is 0 Å². The van der Waals surface area contributed by atoms with Crippen LogP contribution in [-0.4, -0.2) is 56.4 Å². The number of benzene rings is 2. The van der Waals surface area contributed by atoms with E-state index in [4.69, 9.17) is 4.74 Å². The molecule has 0 radical (unpaired) electrons. The zero-order valence-electron chi connectivity index (χ0n) is 16.6. The molecule has 2 aromatic carbocycles. The van der Waals surface area contributed by atoms with Crippen molar-refractivity contribution < 1.29 is 4.74 Å². The van der Waals surface area contributed by atoms with E-state index in [2.05, 4.69) is 71.5 Å². The van der Waals surface area contributed by atoms with Crippen LogP contribution in [-0.2, 0) is 6.42 Å². The van der Waals surface area contributed by atoms with Gasteiger partial charge in [0.1, 0.15) is 5.75 Å². The lowest BCUT2D eigenvalue weighted by Crippen LogP contribution is -2.29. The Balaban J connectivity index is 2.01. The van der Waals surface area contributed by atoms with Gasteiger partial charge in [-0.25, -0.2) is 0 Å². The first-order valence-electron chi connectivity index (χ1n) is 9.18. The van der Waals surface area contributed by atoms with Crippen molar-refractivity contribution in [1.29, 1.82) is 0 Å². The van der Waals surface area contributed by atoms with E-state index >= 15 is 0 Å². The number of nitrogens with zero attached hydrogens (tertiary/aromatic N) is 3. The van der Waals surface area contributed by atoms with Crippen LogP contribution in [0.1, 0.15) is 11.1 Å². The molecule has 5 heteroatoms. The van der Waals surface area contributed by atoms with Crippen LogP contribution in [0.3, 0.4) is 0 Å². The molecule has 27 heavy (non-hydrogen) atoms.